The van der Waals surface area contributed by atoms with Crippen LogP contribution < -0.4 is 0 Å². The molecule has 1 N–H and O–H groups in total. The Balaban J connectivity index is 3.38. The Morgan fingerprint density at radius 3 is 2.62 bits per heavy atom. The third kappa shape index (κ3) is 1.92. The van der Waals surface area contributed by atoms with E-state index in [0.717, 1.165) is 12.1 Å². The maximum Gasteiger partial charge on any atom is 0.335 e. The van der Waals surface area contributed by atoms with Crippen molar-refractivity contribution in [3.8, 4) is 0 Å². The van der Waals surface area contributed by atoms with Gasteiger partial charge in [0.15, 0.2) is 6.29 Å². The molecule has 0 fully saturated rings. The summed E-state index contributed by atoms with van der Waals surface area (Å²) in [6.07, 6.45) is 0.270. The monoisotopic (exact) mass is 246 g/mol. The molecule has 0 saturated carbocycles. The molecular formula is C8H4BrFO3. The highest BCUT2D eigenvalue weighted by Crippen LogP contribution is 2.20. The average Bonchev–Trinajstić information content (AvgIpc) is 2.09. The van der Waals surface area contributed by atoms with E-state index < -0.39 is 11.8 Å². The fourth-order valence-electron chi connectivity index (χ4n) is 0.820. The van der Waals surface area contributed by atoms with Crippen LogP contribution in [0.2, 0.25) is 0 Å². The zero-order valence-electron chi connectivity index (χ0n) is 6.25. The van der Waals surface area contributed by atoms with E-state index in [9.17, 15) is 14.0 Å². The molecule has 0 aromatic heterocycles. The van der Waals surface area contributed by atoms with E-state index in [0.29, 0.717) is 0 Å². The molecule has 0 aliphatic rings. The van der Waals surface area contributed by atoms with Crippen molar-refractivity contribution in [2.24, 2.45) is 0 Å². The van der Waals surface area contributed by atoms with Crippen molar-refractivity contribution in [1.29, 1.82) is 0 Å². The van der Waals surface area contributed by atoms with Crippen molar-refractivity contribution in [2.75, 3.05) is 0 Å². The quantitative estimate of drug-likeness (QED) is 0.814. The normalized spacial score (nSPS) is 9.69. The van der Waals surface area contributed by atoms with Crippen molar-refractivity contribution in [3.05, 3.63) is 33.5 Å². The molecule has 0 amide bonds. The van der Waals surface area contributed by atoms with Gasteiger partial charge in [-0.3, -0.25) is 4.79 Å². The molecule has 13 heavy (non-hydrogen) atoms. The molecule has 5 heteroatoms. The van der Waals surface area contributed by atoms with E-state index in [2.05, 4.69) is 15.9 Å². The molecule has 0 radical (unpaired) electrons. The maximum absolute atomic E-state index is 13.0. The van der Waals surface area contributed by atoms with Gasteiger partial charge in [0.1, 0.15) is 5.82 Å². The smallest absolute Gasteiger partial charge is 0.335 e. The third-order valence-corrected chi connectivity index (χ3v) is 2.01. The van der Waals surface area contributed by atoms with Crippen LogP contribution in [0.1, 0.15) is 20.7 Å². The summed E-state index contributed by atoms with van der Waals surface area (Å²) in [5, 5.41) is 8.56. The second-order valence-corrected chi connectivity index (χ2v) is 3.14. The summed E-state index contributed by atoms with van der Waals surface area (Å²) < 4.78 is 12.9. The molecule has 1 aromatic rings. The van der Waals surface area contributed by atoms with Crippen molar-refractivity contribution in [3.63, 3.8) is 0 Å². The Bertz CT molecular complexity index is 376. The number of benzene rings is 1. The van der Waals surface area contributed by atoms with E-state index in [1.165, 1.54) is 0 Å². The maximum atomic E-state index is 13.0. The summed E-state index contributed by atoms with van der Waals surface area (Å²) in [5.74, 6) is -1.95. The van der Waals surface area contributed by atoms with Gasteiger partial charge >= 0.3 is 5.97 Å². The summed E-state index contributed by atoms with van der Waals surface area (Å²) in [5.41, 5.74) is -0.401. The van der Waals surface area contributed by atoms with E-state index >= 15 is 0 Å². The average molecular weight is 247 g/mol. The first-order valence-corrected chi connectivity index (χ1v) is 4.03. The number of carboxylic acid groups (broad SMARTS) is 1. The van der Waals surface area contributed by atoms with Gasteiger partial charge in [-0.05, 0) is 28.1 Å². The van der Waals surface area contributed by atoms with Gasteiger partial charge in [-0.2, -0.15) is 0 Å². The van der Waals surface area contributed by atoms with Crippen molar-refractivity contribution in [2.45, 2.75) is 0 Å². The number of carbonyl (C=O) groups is 2. The molecule has 1 rings (SSSR count). The van der Waals surface area contributed by atoms with Crippen molar-refractivity contribution >= 4 is 28.2 Å². The van der Waals surface area contributed by atoms with Crippen LogP contribution >= 0.6 is 15.9 Å². The van der Waals surface area contributed by atoms with Gasteiger partial charge in [0.2, 0.25) is 0 Å². The summed E-state index contributed by atoms with van der Waals surface area (Å²) in [6, 6.07) is 2.08. The van der Waals surface area contributed by atoms with Crippen LogP contribution in [-0.2, 0) is 0 Å². The second-order valence-electron chi connectivity index (χ2n) is 2.28. The fourth-order valence-corrected chi connectivity index (χ4v) is 1.30. The van der Waals surface area contributed by atoms with Gasteiger partial charge in [-0.15, -0.1) is 0 Å². The van der Waals surface area contributed by atoms with Crippen LogP contribution in [0.4, 0.5) is 4.39 Å². The molecule has 1 aromatic carbocycles. The van der Waals surface area contributed by atoms with E-state index in [1.54, 1.807) is 0 Å². The lowest BCUT2D eigenvalue weighted by Gasteiger charge is -2.00. The lowest BCUT2D eigenvalue weighted by atomic mass is 10.1. The molecule has 0 bridgehead atoms. The van der Waals surface area contributed by atoms with Crippen LogP contribution in [0.3, 0.4) is 0 Å². The standard InChI is InChI=1S/C8H4BrFO3/c9-6-2-4(8(12)13)1-5(3-11)7(6)10/h1-3H,(H,12,13). The SMILES string of the molecule is O=Cc1cc(C(=O)O)cc(Br)c1F. The number of rotatable bonds is 2. The molecule has 68 valence electrons. The fraction of sp³-hybridized carbons (Fsp3) is 0. The Labute approximate surface area is 81.3 Å². The third-order valence-electron chi connectivity index (χ3n) is 1.43. The first-order valence-electron chi connectivity index (χ1n) is 3.23. The molecule has 0 saturated heterocycles. The van der Waals surface area contributed by atoms with Crippen LogP contribution in [0.15, 0.2) is 16.6 Å². The van der Waals surface area contributed by atoms with Gasteiger partial charge in [-0.1, -0.05) is 0 Å². The zero-order valence-corrected chi connectivity index (χ0v) is 7.84. The van der Waals surface area contributed by atoms with Gasteiger partial charge in [0.05, 0.1) is 15.6 Å². The predicted octanol–water partition coefficient (Wildman–Crippen LogP) is 2.10. The molecule has 0 heterocycles. The molecule has 0 aliphatic heterocycles. The minimum absolute atomic E-state index is 0.0329. The Kier molecular flexibility index (Phi) is 2.77. The van der Waals surface area contributed by atoms with Crippen molar-refractivity contribution in [1.82, 2.24) is 0 Å². The molecule has 0 unspecified atom stereocenters. The van der Waals surface area contributed by atoms with Crippen LogP contribution in [0, 0.1) is 5.82 Å². The number of carbonyl (C=O) groups excluding carboxylic acids is 1. The molecule has 3 nitrogen and oxygen atoms in total. The first-order chi connectivity index (χ1) is 6.06. The van der Waals surface area contributed by atoms with Gasteiger partial charge < -0.3 is 5.11 Å². The lowest BCUT2D eigenvalue weighted by Crippen LogP contribution is -2.00. The zero-order chi connectivity index (χ0) is 10.0. The number of halogens is 2. The number of aromatic carboxylic acids is 1. The van der Waals surface area contributed by atoms with E-state index in [1.807, 2.05) is 0 Å². The minimum Gasteiger partial charge on any atom is -0.478 e. The summed E-state index contributed by atoms with van der Waals surface area (Å²) in [7, 11) is 0. The Morgan fingerprint density at radius 1 is 1.54 bits per heavy atom. The minimum atomic E-state index is -1.20. The number of aldehydes is 1. The highest BCUT2D eigenvalue weighted by Gasteiger charge is 2.11. The topological polar surface area (TPSA) is 54.4 Å². The first kappa shape index (κ1) is 9.85. The molecular weight excluding hydrogens is 243 g/mol. The summed E-state index contributed by atoms with van der Waals surface area (Å²) in [6.45, 7) is 0. The van der Waals surface area contributed by atoms with Gasteiger partial charge in [0, 0.05) is 0 Å². The highest BCUT2D eigenvalue weighted by molar-refractivity contribution is 9.10. The van der Waals surface area contributed by atoms with Crippen LogP contribution in [-0.4, -0.2) is 17.4 Å². The summed E-state index contributed by atoms with van der Waals surface area (Å²) in [4.78, 5) is 20.8. The summed E-state index contributed by atoms with van der Waals surface area (Å²) >= 11 is 2.81. The molecule has 0 aliphatic carbocycles. The van der Waals surface area contributed by atoms with E-state index in [-0.39, 0.29) is 21.9 Å². The highest BCUT2D eigenvalue weighted by atomic mass is 79.9. The van der Waals surface area contributed by atoms with Crippen molar-refractivity contribution < 1.29 is 19.1 Å². The molecule has 0 spiro atoms. The largest absolute Gasteiger partial charge is 0.478 e. The van der Waals surface area contributed by atoms with Gasteiger partial charge in [-0.25, -0.2) is 9.18 Å². The number of hydrogen-bond donors (Lipinski definition) is 1. The lowest BCUT2D eigenvalue weighted by molar-refractivity contribution is 0.0696. The van der Waals surface area contributed by atoms with E-state index in [4.69, 9.17) is 5.11 Å². The Hall–Kier alpha value is -1.23. The van der Waals surface area contributed by atoms with Crippen LogP contribution in [0.25, 0.3) is 0 Å². The van der Waals surface area contributed by atoms with Gasteiger partial charge in [0.25, 0.3) is 0 Å². The number of hydrogen-bond acceptors (Lipinski definition) is 2. The van der Waals surface area contributed by atoms with Crippen LogP contribution in [0.5, 0.6) is 0 Å². The predicted molar refractivity (Wildman–Crippen MR) is 46.4 cm³/mol. The Morgan fingerprint density at radius 2 is 2.15 bits per heavy atom. The number of carboxylic acids is 1. The molecule has 0 atom stereocenters. The second kappa shape index (κ2) is 3.66.